The molecule has 1 saturated carbocycles. The fourth-order valence-electron chi connectivity index (χ4n) is 2.75. The molecule has 0 aromatic heterocycles. The maximum absolute atomic E-state index is 11.9. The molecule has 18 heavy (non-hydrogen) atoms. The van der Waals surface area contributed by atoms with Crippen LogP contribution in [0.4, 0.5) is 4.79 Å². The number of amides is 2. The Morgan fingerprint density at radius 2 is 1.83 bits per heavy atom. The largest absolute Gasteiger partial charge is 0.481 e. The van der Waals surface area contributed by atoms with Gasteiger partial charge in [-0.25, -0.2) is 4.79 Å². The molecule has 1 aliphatic carbocycles. The van der Waals surface area contributed by atoms with Gasteiger partial charge in [0.25, 0.3) is 0 Å². The van der Waals surface area contributed by atoms with Crippen LogP contribution in [-0.4, -0.2) is 41.1 Å². The molecule has 2 amide bonds. The maximum atomic E-state index is 11.9. The molecule has 1 saturated heterocycles. The Bertz CT molecular complexity index is 339. The Morgan fingerprint density at radius 1 is 1.17 bits per heavy atom. The number of carbonyl (C=O) groups is 2. The average molecular weight is 254 g/mol. The van der Waals surface area contributed by atoms with E-state index >= 15 is 0 Å². The number of urea groups is 1. The summed E-state index contributed by atoms with van der Waals surface area (Å²) < 4.78 is 0. The van der Waals surface area contributed by atoms with Crippen molar-refractivity contribution in [2.24, 2.45) is 17.8 Å². The molecule has 1 aliphatic heterocycles. The summed E-state index contributed by atoms with van der Waals surface area (Å²) >= 11 is 0. The van der Waals surface area contributed by atoms with Gasteiger partial charge in [0.05, 0.1) is 5.92 Å². The van der Waals surface area contributed by atoms with E-state index < -0.39 is 5.97 Å². The monoisotopic (exact) mass is 254 g/mol. The Kier molecular flexibility index (Phi) is 3.78. The predicted octanol–water partition coefficient (Wildman–Crippen LogP) is 1.54. The number of rotatable bonds is 2. The zero-order chi connectivity index (χ0) is 13.3. The van der Waals surface area contributed by atoms with Crippen LogP contribution in [-0.2, 0) is 4.79 Å². The van der Waals surface area contributed by atoms with Crippen molar-refractivity contribution in [1.29, 1.82) is 0 Å². The summed E-state index contributed by atoms with van der Waals surface area (Å²) in [4.78, 5) is 24.1. The molecule has 0 radical (unpaired) electrons. The summed E-state index contributed by atoms with van der Waals surface area (Å²) in [5.74, 6) is 0.200. The Balaban J connectivity index is 1.74. The van der Waals surface area contributed by atoms with Gasteiger partial charge in [-0.3, -0.25) is 4.79 Å². The van der Waals surface area contributed by atoms with E-state index in [1.807, 2.05) is 0 Å². The van der Waals surface area contributed by atoms with Crippen molar-refractivity contribution in [3.8, 4) is 0 Å². The zero-order valence-corrected chi connectivity index (χ0v) is 11.1. The van der Waals surface area contributed by atoms with Crippen LogP contribution in [0, 0.1) is 17.8 Å². The smallest absolute Gasteiger partial charge is 0.317 e. The van der Waals surface area contributed by atoms with Gasteiger partial charge in [-0.1, -0.05) is 13.8 Å². The molecule has 2 aliphatic rings. The second-order valence-corrected chi connectivity index (χ2v) is 5.85. The second kappa shape index (κ2) is 5.16. The summed E-state index contributed by atoms with van der Waals surface area (Å²) in [7, 11) is 0. The van der Waals surface area contributed by atoms with Crippen LogP contribution in [0.3, 0.4) is 0 Å². The Morgan fingerprint density at radius 3 is 2.39 bits per heavy atom. The maximum Gasteiger partial charge on any atom is 0.317 e. The lowest BCUT2D eigenvalue weighted by molar-refractivity contribution is -0.146. The summed E-state index contributed by atoms with van der Waals surface area (Å²) in [6.07, 6.45) is 3.22. The van der Waals surface area contributed by atoms with Crippen LogP contribution >= 0.6 is 0 Å². The van der Waals surface area contributed by atoms with Gasteiger partial charge in [0.15, 0.2) is 0 Å². The molecule has 3 unspecified atom stereocenters. The van der Waals surface area contributed by atoms with Gasteiger partial charge in [0, 0.05) is 19.1 Å². The molecule has 102 valence electrons. The lowest BCUT2D eigenvalue weighted by Crippen LogP contribution is -2.58. The van der Waals surface area contributed by atoms with Crippen LogP contribution in [0.25, 0.3) is 0 Å². The van der Waals surface area contributed by atoms with Gasteiger partial charge in [-0.15, -0.1) is 0 Å². The lowest BCUT2D eigenvalue weighted by Gasteiger charge is -2.39. The Hall–Kier alpha value is -1.26. The highest BCUT2D eigenvalue weighted by molar-refractivity contribution is 5.79. The highest BCUT2D eigenvalue weighted by Crippen LogP contribution is 2.29. The number of carbonyl (C=O) groups excluding carboxylic acids is 1. The number of carboxylic acids is 1. The van der Waals surface area contributed by atoms with E-state index in [-0.39, 0.29) is 18.0 Å². The SMILES string of the molecule is CC1CCC(NC(=O)N2CC(C(=O)O)C2)CC1C. The van der Waals surface area contributed by atoms with Gasteiger partial charge >= 0.3 is 12.0 Å². The molecule has 5 heteroatoms. The highest BCUT2D eigenvalue weighted by Gasteiger charge is 2.36. The van der Waals surface area contributed by atoms with Crippen molar-refractivity contribution >= 4 is 12.0 Å². The third-order valence-corrected chi connectivity index (χ3v) is 4.44. The third kappa shape index (κ3) is 2.76. The van der Waals surface area contributed by atoms with Gasteiger partial charge in [-0.2, -0.15) is 0 Å². The van der Waals surface area contributed by atoms with Gasteiger partial charge < -0.3 is 15.3 Å². The first kappa shape index (κ1) is 13.2. The lowest BCUT2D eigenvalue weighted by atomic mass is 9.79. The minimum atomic E-state index is -0.806. The number of nitrogens with zero attached hydrogens (tertiary/aromatic N) is 1. The molecule has 0 bridgehead atoms. The molecular formula is C13H22N2O3. The van der Waals surface area contributed by atoms with Gasteiger partial charge in [0.2, 0.25) is 0 Å². The standard InChI is InChI=1S/C13H22N2O3/c1-8-3-4-11(5-9(8)2)14-13(18)15-6-10(7-15)12(16)17/h8-11H,3-7H2,1-2H3,(H,14,18)(H,16,17). The quantitative estimate of drug-likeness (QED) is 0.785. The van der Waals surface area contributed by atoms with E-state index in [0.29, 0.717) is 19.0 Å². The van der Waals surface area contributed by atoms with Gasteiger partial charge in [0.1, 0.15) is 0 Å². The molecule has 2 fully saturated rings. The normalized spacial score (nSPS) is 32.8. The van der Waals surface area contributed by atoms with Gasteiger partial charge in [-0.05, 0) is 31.1 Å². The fourth-order valence-corrected chi connectivity index (χ4v) is 2.75. The minimum absolute atomic E-state index is 0.0979. The zero-order valence-electron chi connectivity index (χ0n) is 11.1. The minimum Gasteiger partial charge on any atom is -0.481 e. The summed E-state index contributed by atoms with van der Waals surface area (Å²) in [6.45, 7) is 5.18. The topological polar surface area (TPSA) is 69.6 Å². The van der Waals surface area contributed by atoms with E-state index in [4.69, 9.17) is 5.11 Å². The first-order valence-corrected chi connectivity index (χ1v) is 6.75. The highest BCUT2D eigenvalue weighted by atomic mass is 16.4. The van der Waals surface area contributed by atoms with E-state index in [1.54, 1.807) is 4.90 Å². The molecule has 0 spiro atoms. The number of hydrogen-bond acceptors (Lipinski definition) is 2. The van der Waals surface area contributed by atoms with E-state index in [2.05, 4.69) is 19.2 Å². The number of likely N-dealkylation sites (tertiary alicyclic amines) is 1. The third-order valence-electron chi connectivity index (χ3n) is 4.44. The molecule has 0 aromatic carbocycles. The Labute approximate surface area is 108 Å². The molecule has 1 heterocycles. The van der Waals surface area contributed by atoms with Crippen LogP contribution in [0.1, 0.15) is 33.1 Å². The summed E-state index contributed by atoms with van der Waals surface area (Å²) in [6, 6.07) is 0.159. The van der Waals surface area contributed by atoms with Crippen molar-refractivity contribution in [2.75, 3.05) is 13.1 Å². The first-order chi connectivity index (χ1) is 8.47. The van der Waals surface area contributed by atoms with Crippen molar-refractivity contribution in [2.45, 2.75) is 39.2 Å². The fraction of sp³-hybridized carbons (Fsp3) is 0.846. The molecule has 2 N–H and O–H groups in total. The summed E-state index contributed by atoms with van der Waals surface area (Å²) in [5, 5.41) is 11.8. The van der Waals surface area contributed by atoms with Crippen molar-refractivity contribution in [1.82, 2.24) is 10.2 Å². The van der Waals surface area contributed by atoms with Crippen molar-refractivity contribution < 1.29 is 14.7 Å². The average Bonchev–Trinajstić information content (AvgIpc) is 2.20. The predicted molar refractivity (Wildman–Crippen MR) is 67.2 cm³/mol. The summed E-state index contributed by atoms with van der Waals surface area (Å²) in [5.41, 5.74) is 0. The van der Waals surface area contributed by atoms with E-state index in [9.17, 15) is 9.59 Å². The van der Waals surface area contributed by atoms with E-state index in [0.717, 1.165) is 25.2 Å². The number of hydrogen-bond donors (Lipinski definition) is 2. The van der Waals surface area contributed by atoms with Crippen molar-refractivity contribution in [3.05, 3.63) is 0 Å². The number of aliphatic carboxylic acids is 1. The molecule has 2 rings (SSSR count). The van der Waals surface area contributed by atoms with E-state index in [1.165, 1.54) is 0 Å². The number of nitrogens with one attached hydrogen (secondary N) is 1. The molecular weight excluding hydrogens is 232 g/mol. The molecule has 3 atom stereocenters. The van der Waals surface area contributed by atoms with Crippen LogP contribution < -0.4 is 5.32 Å². The van der Waals surface area contributed by atoms with Crippen LogP contribution in [0.15, 0.2) is 0 Å². The number of carboxylic acid groups (broad SMARTS) is 1. The molecule has 0 aromatic rings. The first-order valence-electron chi connectivity index (χ1n) is 6.75. The van der Waals surface area contributed by atoms with Crippen LogP contribution in [0.2, 0.25) is 0 Å². The van der Waals surface area contributed by atoms with Crippen LogP contribution in [0.5, 0.6) is 0 Å². The van der Waals surface area contributed by atoms with Crippen molar-refractivity contribution in [3.63, 3.8) is 0 Å². The second-order valence-electron chi connectivity index (χ2n) is 5.85. The molecule has 5 nitrogen and oxygen atoms in total.